The van der Waals surface area contributed by atoms with Crippen molar-refractivity contribution in [2.24, 2.45) is 0 Å². The van der Waals surface area contributed by atoms with E-state index in [-0.39, 0.29) is 18.3 Å². The zero-order chi connectivity index (χ0) is 13.3. The summed E-state index contributed by atoms with van der Waals surface area (Å²) in [6.07, 6.45) is 2.22. The minimum absolute atomic E-state index is 0.0951. The van der Waals surface area contributed by atoms with Gasteiger partial charge in [0.25, 0.3) is 5.88 Å². The van der Waals surface area contributed by atoms with Crippen LogP contribution >= 0.6 is 11.6 Å². The largest absolute Gasteiger partial charge is 0.472 e. The van der Waals surface area contributed by atoms with Gasteiger partial charge >= 0.3 is 0 Å². The molecular weight excluding hydrogens is 252 g/mol. The lowest BCUT2D eigenvalue weighted by Gasteiger charge is -2.32. The highest BCUT2D eigenvalue weighted by Gasteiger charge is 2.27. The lowest BCUT2D eigenvalue weighted by molar-refractivity contribution is -0.0730. The Balaban J connectivity index is 2.11. The van der Waals surface area contributed by atoms with E-state index in [0.717, 1.165) is 24.2 Å². The molecule has 1 aliphatic heterocycles. The molecule has 0 spiro atoms. The van der Waals surface area contributed by atoms with Gasteiger partial charge in [0.15, 0.2) is 5.15 Å². The molecule has 5 heteroatoms. The second-order valence-corrected chi connectivity index (χ2v) is 5.32. The summed E-state index contributed by atoms with van der Waals surface area (Å²) < 4.78 is 11.6. The number of ether oxygens (including phenoxy) is 2. The number of aromatic nitrogens is 2. The summed E-state index contributed by atoms with van der Waals surface area (Å²) in [5.41, 5.74) is 1.68. The average molecular weight is 271 g/mol. The van der Waals surface area contributed by atoms with Crippen molar-refractivity contribution in [2.45, 2.75) is 58.8 Å². The minimum atomic E-state index is 0.0951. The summed E-state index contributed by atoms with van der Waals surface area (Å²) in [5.74, 6) is 0.436. The number of rotatable bonds is 2. The summed E-state index contributed by atoms with van der Waals surface area (Å²) in [6.45, 7) is 7.90. The van der Waals surface area contributed by atoms with Crippen LogP contribution in [0, 0.1) is 13.8 Å². The standard InChI is InChI=1S/C13H19ClN2O2/c1-7-5-11(6-8(2)17-7)18-13-12(14)15-9(3)10(4)16-13/h7-8,11H,5-6H2,1-4H3. The van der Waals surface area contributed by atoms with Crippen molar-refractivity contribution in [1.29, 1.82) is 0 Å². The van der Waals surface area contributed by atoms with E-state index in [0.29, 0.717) is 11.0 Å². The van der Waals surface area contributed by atoms with E-state index in [1.165, 1.54) is 0 Å². The van der Waals surface area contributed by atoms with E-state index in [1.54, 1.807) is 0 Å². The monoisotopic (exact) mass is 270 g/mol. The molecule has 0 radical (unpaired) electrons. The highest BCUT2D eigenvalue weighted by molar-refractivity contribution is 6.30. The van der Waals surface area contributed by atoms with Crippen LogP contribution in [0.2, 0.25) is 5.15 Å². The SMILES string of the molecule is Cc1nc(Cl)c(OC2CC(C)OC(C)C2)nc1C. The third-order valence-electron chi connectivity index (χ3n) is 3.17. The lowest BCUT2D eigenvalue weighted by Crippen LogP contribution is -2.36. The topological polar surface area (TPSA) is 44.2 Å². The molecule has 1 aromatic rings. The second-order valence-electron chi connectivity index (χ2n) is 4.96. The lowest BCUT2D eigenvalue weighted by atomic mass is 10.0. The zero-order valence-corrected chi connectivity index (χ0v) is 12.0. The molecule has 1 aromatic heterocycles. The molecule has 2 unspecified atom stereocenters. The third kappa shape index (κ3) is 3.12. The predicted molar refractivity (Wildman–Crippen MR) is 70.2 cm³/mol. The molecule has 2 heterocycles. The van der Waals surface area contributed by atoms with Crippen molar-refractivity contribution in [3.63, 3.8) is 0 Å². The molecular formula is C13H19ClN2O2. The molecule has 100 valence electrons. The first-order chi connectivity index (χ1) is 8.45. The van der Waals surface area contributed by atoms with Crippen molar-refractivity contribution >= 4 is 11.6 Å². The van der Waals surface area contributed by atoms with Crippen LogP contribution in [0.5, 0.6) is 5.88 Å². The fourth-order valence-electron chi connectivity index (χ4n) is 2.23. The molecule has 0 bridgehead atoms. The molecule has 18 heavy (non-hydrogen) atoms. The second kappa shape index (κ2) is 5.41. The minimum Gasteiger partial charge on any atom is -0.472 e. The highest BCUT2D eigenvalue weighted by Crippen LogP contribution is 2.27. The molecule has 1 saturated heterocycles. The quantitative estimate of drug-likeness (QED) is 0.828. The smallest absolute Gasteiger partial charge is 0.252 e. The third-order valence-corrected chi connectivity index (χ3v) is 3.41. The fourth-order valence-corrected chi connectivity index (χ4v) is 2.44. The van der Waals surface area contributed by atoms with Gasteiger partial charge in [-0.25, -0.2) is 9.97 Å². The number of hydrogen-bond donors (Lipinski definition) is 0. The van der Waals surface area contributed by atoms with Crippen LogP contribution < -0.4 is 4.74 Å². The normalized spacial score (nSPS) is 28.2. The Hall–Kier alpha value is -0.870. The first-order valence-electron chi connectivity index (χ1n) is 6.28. The maximum absolute atomic E-state index is 6.06. The van der Waals surface area contributed by atoms with Gasteiger partial charge in [-0.3, -0.25) is 0 Å². The fraction of sp³-hybridized carbons (Fsp3) is 0.692. The number of hydrogen-bond acceptors (Lipinski definition) is 4. The van der Waals surface area contributed by atoms with E-state index in [2.05, 4.69) is 23.8 Å². The Morgan fingerprint density at radius 2 is 1.67 bits per heavy atom. The Morgan fingerprint density at radius 1 is 1.11 bits per heavy atom. The van der Waals surface area contributed by atoms with Crippen molar-refractivity contribution < 1.29 is 9.47 Å². The Bertz CT molecular complexity index is 429. The molecule has 0 amide bonds. The van der Waals surface area contributed by atoms with E-state index < -0.39 is 0 Å². The van der Waals surface area contributed by atoms with E-state index in [4.69, 9.17) is 21.1 Å². The maximum atomic E-state index is 6.06. The van der Waals surface area contributed by atoms with Gasteiger partial charge in [0, 0.05) is 12.8 Å². The maximum Gasteiger partial charge on any atom is 0.252 e. The molecule has 0 aliphatic carbocycles. The Labute approximate surface area is 113 Å². The molecule has 0 saturated carbocycles. The average Bonchev–Trinajstić information content (AvgIpc) is 2.24. The first kappa shape index (κ1) is 13.6. The number of halogens is 1. The summed E-state index contributed by atoms with van der Waals surface area (Å²) in [5, 5.41) is 0.338. The van der Waals surface area contributed by atoms with Crippen LogP contribution in [0.15, 0.2) is 0 Å². The van der Waals surface area contributed by atoms with Crippen molar-refractivity contribution in [3.8, 4) is 5.88 Å². The highest BCUT2D eigenvalue weighted by atomic mass is 35.5. The Kier molecular flexibility index (Phi) is 4.07. The van der Waals surface area contributed by atoms with E-state index in [1.807, 2.05) is 13.8 Å². The predicted octanol–water partition coefficient (Wildman–Crippen LogP) is 3.08. The molecule has 4 nitrogen and oxygen atoms in total. The van der Waals surface area contributed by atoms with E-state index >= 15 is 0 Å². The van der Waals surface area contributed by atoms with Crippen LogP contribution in [0.1, 0.15) is 38.1 Å². The van der Waals surface area contributed by atoms with Crippen molar-refractivity contribution in [3.05, 3.63) is 16.5 Å². The molecule has 1 fully saturated rings. The summed E-state index contributed by atoms with van der Waals surface area (Å²) >= 11 is 6.06. The summed E-state index contributed by atoms with van der Waals surface area (Å²) in [6, 6.07) is 0. The van der Waals surface area contributed by atoms with Crippen LogP contribution in [-0.4, -0.2) is 28.3 Å². The Morgan fingerprint density at radius 3 is 2.28 bits per heavy atom. The van der Waals surface area contributed by atoms with Crippen molar-refractivity contribution in [1.82, 2.24) is 9.97 Å². The van der Waals surface area contributed by atoms with Gasteiger partial charge in [-0.05, 0) is 27.7 Å². The van der Waals surface area contributed by atoms with Crippen LogP contribution in [0.4, 0.5) is 0 Å². The zero-order valence-electron chi connectivity index (χ0n) is 11.2. The summed E-state index contributed by atoms with van der Waals surface area (Å²) in [7, 11) is 0. The van der Waals surface area contributed by atoms with Gasteiger partial charge in [-0.2, -0.15) is 0 Å². The van der Waals surface area contributed by atoms with Gasteiger partial charge in [0.2, 0.25) is 0 Å². The van der Waals surface area contributed by atoms with Crippen molar-refractivity contribution in [2.75, 3.05) is 0 Å². The van der Waals surface area contributed by atoms with Crippen LogP contribution in [0.3, 0.4) is 0 Å². The van der Waals surface area contributed by atoms with Crippen LogP contribution in [0.25, 0.3) is 0 Å². The van der Waals surface area contributed by atoms with Gasteiger partial charge in [-0.1, -0.05) is 11.6 Å². The van der Waals surface area contributed by atoms with Crippen LogP contribution in [-0.2, 0) is 4.74 Å². The number of aryl methyl sites for hydroxylation is 2. The van der Waals surface area contributed by atoms with E-state index in [9.17, 15) is 0 Å². The van der Waals surface area contributed by atoms with Gasteiger partial charge < -0.3 is 9.47 Å². The summed E-state index contributed by atoms with van der Waals surface area (Å²) in [4.78, 5) is 8.58. The molecule has 0 N–H and O–H groups in total. The van der Waals surface area contributed by atoms with Gasteiger partial charge in [0.05, 0.1) is 23.6 Å². The number of nitrogens with zero attached hydrogens (tertiary/aromatic N) is 2. The molecule has 2 atom stereocenters. The van der Waals surface area contributed by atoms with Gasteiger partial charge in [-0.15, -0.1) is 0 Å². The molecule has 2 rings (SSSR count). The van der Waals surface area contributed by atoms with Gasteiger partial charge in [0.1, 0.15) is 6.10 Å². The molecule has 0 aromatic carbocycles. The molecule has 1 aliphatic rings. The first-order valence-corrected chi connectivity index (χ1v) is 6.66.